The Morgan fingerprint density at radius 2 is 2.59 bits per heavy atom. The molecule has 1 aromatic heterocycles. The average molecular weight is 254 g/mol. The third-order valence-corrected chi connectivity index (χ3v) is 3.65. The lowest BCUT2D eigenvalue weighted by atomic mass is 10.1. The van der Waals surface area contributed by atoms with Gasteiger partial charge < -0.3 is 11.1 Å². The fourth-order valence-electron chi connectivity index (χ4n) is 2.01. The number of piperidine rings is 1. The highest BCUT2D eigenvalue weighted by Crippen LogP contribution is 2.14. The zero-order chi connectivity index (χ0) is 12.3. The van der Waals surface area contributed by atoms with E-state index in [4.69, 9.17) is 5.73 Å². The minimum absolute atomic E-state index is 0.00606. The van der Waals surface area contributed by atoms with Crippen LogP contribution >= 0.6 is 11.3 Å². The first-order chi connectivity index (χ1) is 8.13. The largest absolute Gasteiger partial charge is 0.327 e. The van der Waals surface area contributed by atoms with Gasteiger partial charge in [0, 0.05) is 18.0 Å². The molecule has 1 fully saturated rings. The van der Waals surface area contributed by atoms with E-state index in [1.54, 1.807) is 0 Å². The number of hydrogen-bond donors (Lipinski definition) is 2. The van der Waals surface area contributed by atoms with Gasteiger partial charge in [-0.15, -0.1) is 11.3 Å². The maximum atomic E-state index is 11.8. The fraction of sp³-hybridized carbons (Fsp3) is 0.636. The van der Waals surface area contributed by atoms with Crippen molar-refractivity contribution in [2.45, 2.75) is 25.8 Å². The quantitative estimate of drug-likeness (QED) is 0.837. The van der Waals surface area contributed by atoms with Gasteiger partial charge in [0.1, 0.15) is 0 Å². The number of nitrogens with two attached hydrogens (primary N) is 1. The number of nitrogens with zero attached hydrogens (tertiary/aromatic N) is 2. The normalized spacial score (nSPS) is 21.4. The van der Waals surface area contributed by atoms with E-state index >= 15 is 0 Å². The third kappa shape index (κ3) is 3.76. The van der Waals surface area contributed by atoms with E-state index in [-0.39, 0.29) is 11.9 Å². The summed E-state index contributed by atoms with van der Waals surface area (Å²) in [7, 11) is 0. The lowest BCUT2D eigenvalue weighted by Crippen LogP contribution is -2.45. The second kappa shape index (κ2) is 5.57. The summed E-state index contributed by atoms with van der Waals surface area (Å²) >= 11 is 1.45. The molecule has 1 aliphatic rings. The van der Waals surface area contributed by atoms with Crippen molar-refractivity contribution in [1.29, 1.82) is 0 Å². The lowest BCUT2D eigenvalue weighted by molar-refractivity contribution is -0.117. The maximum absolute atomic E-state index is 11.8. The smallest absolute Gasteiger partial charge is 0.240 e. The third-order valence-electron chi connectivity index (χ3n) is 2.77. The number of amides is 1. The molecule has 1 atom stereocenters. The number of aryl methyl sites for hydroxylation is 1. The minimum Gasteiger partial charge on any atom is -0.327 e. The number of aromatic nitrogens is 1. The molecule has 0 aliphatic carbocycles. The van der Waals surface area contributed by atoms with Crippen LogP contribution in [0.5, 0.6) is 0 Å². The van der Waals surface area contributed by atoms with Gasteiger partial charge in [0.2, 0.25) is 5.91 Å². The Morgan fingerprint density at radius 1 is 1.76 bits per heavy atom. The summed E-state index contributed by atoms with van der Waals surface area (Å²) in [4.78, 5) is 18.1. The maximum Gasteiger partial charge on any atom is 0.240 e. The predicted octanol–water partition coefficient (Wildman–Crippen LogP) is 0.813. The van der Waals surface area contributed by atoms with E-state index < -0.39 is 0 Å². The van der Waals surface area contributed by atoms with Crippen LogP contribution in [0.2, 0.25) is 0 Å². The molecule has 5 nitrogen and oxygen atoms in total. The molecule has 6 heteroatoms. The zero-order valence-corrected chi connectivity index (χ0v) is 10.8. The minimum atomic E-state index is -0.00606. The molecular formula is C11H18N4OS. The molecule has 2 heterocycles. The molecule has 1 aromatic rings. The molecule has 2 rings (SSSR count). The van der Waals surface area contributed by atoms with E-state index in [1.165, 1.54) is 11.3 Å². The first-order valence-corrected chi connectivity index (χ1v) is 6.71. The molecule has 0 aromatic carbocycles. The second-order valence-electron chi connectivity index (χ2n) is 4.48. The molecule has 1 saturated heterocycles. The Bertz CT molecular complexity index is 393. The number of anilines is 1. The molecule has 0 unspecified atom stereocenters. The number of likely N-dealkylation sites (tertiary alicyclic amines) is 1. The van der Waals surface area contributed by atoms with Crippen LogP contribution in [-0.4, -0.2) is 41.5 Å². The second-order valence-corrected chi connectivity index (χ2v) is 5.34. The highest BCUT2D eigenvalue weighted by atomic mass is 32.1. The van der Waals surface area contributed by atoms with Gasteiger partial charge in [-0.05, 0) is 26.3 Å². The van der Waals surface area contributed by atoms with Crippen molar-refractivity contribution in [2.24, 2.45) is 5.73 Å². The van der Waals surface area contributed by atoms with Gasteiger partial charge in [-0.2, -0.15) is 0 Å². The zero-order valence-electron chi connectivity index (χ0n) is 9.98. The molecule has 0 bridgehead atoms. The molecule has 0 saturated carbocycles. The van der Waals surface area contributed by atoms with E-state index in [0.29, 0.717) is 11.7 Å². The van der Waals surface area contributed by atoms with Crippen molar-refractivity contribution in [1.82, 2.24) is 9.88 Å². The van der Waals surface area contributed by atoms with E-state index in [2.05, 4.69) is 15.2 Å². The summed E-state index contributed by atoms with van der Waals surface area (Å²) in [5, 5.41) is 5.41. The van der Waals surface area contributed by atoms with Gasteiger partial charge in [-0.25, -0.2) is 4.98 Å². The fourth-order valence-corrected chi connectivity index (χ4v) is 2.71. The SMILES string of the molecule is Cc1csc(NC(=O)CN2CCC[C@@H](N)C2)n1. The topological polar surface area (TPSA) is 71.2 Å². The molecule has 3 N–H and O–H groups in total. The van der Waals surface area contributed by atoms with Gasteiger partial charge in [-0.3, -0.25) is 9.69 Å². The number of thiazole rings is 1. The molecule has 17 heavy (non-hydrogen) atoms. The van der Waals surface area contributed by atoms with Crippen LogP contribution < -0.4 is 11.1 Å². The van der Waals surface area contributed by atoms with Crippen molar-refractivity contribution >= 4 is 22.4 Å². The average Bonchev–Trinajstić information content (AvgIpc) is 2.63. The summed E-state index contributed by atoms with van der Waals surface area (Å²) < 4.78 is 0. The molecule has 1 amide bonds. The Hall–Kier alpha value is -0.980. The Balaban J connectivity index is 1.80. The van der Waals surface area contributed by atoms with Crippen LogP contribution in [0.3, 0.4) is 0 Å². The number of carbonyl (C=O) groups is 1. The standard InChI is InChI=1S/C11H18N4OS/c1-8-7-17-11(13-8)14-10(16)6-15-4-2-3-9(12)5-15/h7,9H,2-6,12H2,1H3,(H,13,14,16)/t9-/m1/s1. The summed E-state index contributed by atoms with van der Waals surface area (Å²) in [6.45, 7) is 4.09. The Kier molecular flexibility index (Phi) is 4.09. The van der Waals surface area contributed by atoms with Gasteiger partial charge >= 0.3 is 0 Å². The molecule has 94 valence electrons. The number of carbonyl (C=O) groups excluding carboxylic acids is 1. The summed E-state index contributed by atoms with van der Waals surface area (Å²) in [5.41, 5.74) is 6.81. The van der Waals surface area contributed by atoms with Crippen molar-refractivity contribution < 1.29 is 4.79 Å². The van der Waals surface area contributed by atoms with Crippen LogP contribution in [0.1, 0.15) is 18.5 Å². The molecule has 1 aliphatic heterocycles. The number of rotatable bonds is 3. The van der Waals surface area contributed by atoms with E-state index in [1.807, 2.05) is 12.3 Å². The first-order valence-electron chi connectivity index (χ1n) is 5.83. The van der Waals surface area contributed by atoms with Crippen LogP contribution in [0, 0.1) is 6.92 Å². The van der Waals surface area contributed by atoms with E-state index in [9.17, 15) is 4.79 Å². The van der Waals surface area contributed by atoms with Crippen LogP contribution in [0.25, 0.3) is 0 Å². The molecular weight excluding hydrogens is 236 g/mol. The van der Waals surface area contributed by atoms with Crippen molar-refractivity contribution in [2.75, 3.05) is 25.0 Å². The lowest BCUT2D eigenvalue weighted by Gasteiger charge is -2.29. The summed E-state index contributed by atoms with van der Waals surface area (Å²) in [6, 6.07) is 0.207. The van der Waals surface area contributed by atoms with Crippen LogP contribution in [0.4, 0.5) is 5.13 Å². The van der Waals surface area contributed by atoms with Gasteiger partial charge in [0.15, 0.2) is 5.13 Å². The Morgan fingerprint density at radius 3 is 3.24 bits per heavy atom. The van der Waals surface area contributed by atoms with Crippen molar-refractivity contribution in [3.8, 4) is 0 Å². The Labute approximate surface area is 105 Å². The first kappa shape index (κ1) is 12.5. The monoisotopic (exact) mass is 254 g/mol. The summed E-state index contributed by atoms with van der Waals surface area (Å²) in [5.74, 6) is -0.00606. The molecule has 0 spiro atoms. The highest BCUT2D eigenvalue weighted by Gasteiger charge is 2.19. The van der Waals surface area contributed by atoms with Gasteiger partial charge in [0.25, 0.3) is 0 Å². The van der Waals surface area contributed by atoms with Crippen LogP contribution in [0.15, 0.2) is 5.38 Å². The number of hydrogen-bond acceptors (Lipinski definition) is 5. The van der Waals surface area contributed by atoms with Crippen LogP contribution in [-0.2, 0) is 4.79 Å². The van der Waals surface area contributed by atoms with Gasteiger partial charge in [-0.1, -0.05) is 0 Å². The summed E-state index contributed by atoms with van der Waals surface area (Å²) in [6.07, 6.45) is 2.13. The van der Waals surface area contributed by atoms with Crippen molar-refractivity contribution in [3.63, 3.8) is 0 Å². The van der Waals surface area contributed by atoms with Crippen molar-refractivity contribution in [3.05, 3.63) is 11.1 Å². The predicted molar refractivity (Wildman–Crippen MR) is 69.1 cm³/mol. The van der Waals surface area contributed by atoms with E-state index in [0.717, 1.165) is 31.6 Å². The molecule has 0 radical (unpaired) electrons. The number of nitrogens with one attached hydrogen (secondary N) is 1. The van der Waals surface area contributed by atoms with Gasteiger partial charge in [0.05, 0.1) is 12.2 Å². The highest BCUT2D eigenvalue weighted by molar-refractivity contribution is 7.13.